The van der Waals surface area contributed by atoms with Crippen molar-refractivity contribution in [3.05, 3.63) is 23.4 Å². The summed E-state index contributed by atoms with van der Waals surface area (Å²) in [6.45, 7) is 0. The van der Waals surface area contributed by atoms with Crippen LogP contribution in [0.25, 0.3) is 5.65 Å². The van der Waals surface area contributed by atoms with E-state index in [1.807, 2.05) is 6.07 Å². The maximum absolute atomic E-state index is 4.90. The molecule has 10 heavy (non-hydrogen) atoms. The fourth-order valence-electron chi connectivity index (χ4n) is 0.773. The van der Waals surface area contributed by atoms with E-state index in [2.05, 4.69) is 15.2 Å². The smallest absolute Gasteiger partial charge is 0.206 e. The van der Waals surface area contributed by atoms with Crippen LogP contribution in [0.1, 0.15) is 0 Å². The second kappa shape index (κ2) is 1.88. The average Bonchev–Trinajstić information content (AvgIpc) is 2.36. The summed E-state index contributed by atoms with van der Waals surface area (Å²) in [7, 11) is 0. The summed E-state index contributed by atoms with van der Waals surface area (Å²) in [5.41, 5.74) is 0.861. The van der Waals surface area contributed by atoms with E-state index >= 15 is 0 Å². The summed E-state index contributed by atoms with van der Waals surface area (Å²) >= 11 is 4.90. The first-order chi connectivity index (χ1) is 4.88. The third kappa shape index (κ3) is 0.640. The normalized spacial score (nSPS) is 10.4. The van der Waals surface area contributed by atoms with Crippen LogP contribution >= 0.6 is 12.2 Å². The van der Waals surface area contributed by atoms with Gasteiger partial charge in [-0.3, -0.25) is 9.50 Å². The monoisotopic (exact) mass is 152 g/mol. The van der Waals surface area contributed by atoms with Crippen molar-refractivity contribution in [2.24, 2.45) is 0 Å². The lowest BCUT2D eigenvalue weighted by Gasteiger charge is -1.86. The molecular formula is C5H4N4S. The Bertz CT molecular complexity index is 401. The molecule has 0 spiro atoms. The van der Waals surface area contributed by atoms with Crippen LogP contribution in [0.5, 0.6) is 0 Å². The number of nitrogens with one attached hydrogen (secondary N) is 1. The molecule has 0 bridgehead atoms. The van der Waals surface area contributed by atoms with E-state index in [1.54, 1.807) is 16.9 Å². The largest absolute Gasteiger partial charge is 0.261 e. The van der Waals surface area contributed by atoms with Crippen molar-refractivity contribution in [3.8, 4) is 0 Å². The van der Waals surface area contributed by atoms with Gasteiger partial charge in [0, 0.05) is 6.20 Å². The van der Waals surface area contributed by atoms with E-state index in [4.69, 9.17) is 12.2 Å². The maximum Gasteiger partial charge on any atom is 0.206 e. The molecule has 0 aliphatic heterocycles. The Labute approximate surface area is 61.5 Å². The molecule has 0 atom stereocenters. The van der Waals surface area contributed by atoms with E-state index in [9.17, 15) is 0 Å². The van der Waals surface area contributed by atoms with Gasteiger partial charge in [-0.1, -0.05) is 0 Å². The second-order valence-corrected chi connectivity index (χ2v) is 2.20. The minimum Gasteiger partial charge on any atom is -0.261 e. The van der Waals surface area contributed by atoms with Gasteiger partial charge in [0.15, 0.2) is 0 Å². The van der Waals surface area contributed by atoms with Gasteiger partial charge in [0.25, 0.3) is 0 Å². The van der Waals surface area contributed by atoms with Crippen molar-refractivity contribution in [2.75, 3.05) is 0 Å². The zero-order valence-electron chi connectivity index (χ0n) is 4.98. The Balaban J connectivity index is 3.09. The number of hydrogen-bond donors (Lipinski definition) is 1. The summed E-state index contributed by atoms with van der Waals surface area (Å²) in [6, 6.07) is 1.81. The molecule has 0 aliphatic carbocycles. The predicted octanol–water partition coefficient (Wildman–Crippen LogP) is 0.787. The number of nitrogens with zero attached hydrogens (tertiary/aromatic N) is 3. The molecular weight excluding hydrogens is 148 g/mol. The zero-order chi connectivity index (χ0) is 6.97. The first-order valence-corrected chi connectivity index (χ1v) is 3.15. The van der Waals surface area contributed by atoms with Gasteiger partial charge in [-0.05, 0) is 18.3 Å². The Morgan fingerprint density at radius 2 is 2.50 bits per heavy atom. The summed E-state index contributed by atoms with van der Waals surface area (Å²) < 4.78 is 2.22. The highest BCUT2D eigenvalue weighted by Crippen LogP contribution is 1.94. The fraction of sp³-hybridized carbons (Fsp3) is 0. The number of rotatable bonds is 0. The molecule has 4 nitrogen and oxygen atoms in total. The predicted molar refractivity (Wildman–Crippen MR) is 38.2 cm³/mol. The Morgan fingerprint density at radius 3 is 3.30 bits per heavy atom. The molecule has 5 heteroatoms. The van der Waals surface area contributed by atoms with Gasteiger partial charge >= 0.3 is 0 Å². The van der Waals surface area contributed by atoms with Gasteiger partial charge in [0.2, 0.25) is 4.77 Å². The van der Waals surface area contributed by atoms with Crippen LogP contribution in [-0.2, 0) is 0 Å². The highest BCUT2D eigenvalue weighted by atomic mass is 32.1. The number of aromatic amines is 1. The van der Waals surface area contributed by atoms with Gasteiger partial charge < -0.3 is 0 Å². The molecule has 2 heterocycles. The molecule has 50 valence electrons. The van der Waals surface area contributed by atoms with Gasteiger partial charge in [-0.25, -0.2) is 4.98 Å². The molecule has 0 fully saturated rings. The highest BCUT2D eigenvalue weighted by molar-refractivity contribution is 7.71. The maximum atomic E-state index is 4.90. The quantitative estimate of drug-likeness (QED) is 0.567. The number of fused-ring (bicyclic) bond motifs is 1. The molecule has 2 aromatic heterocycles. The van der Waals surface area contributed by atoms with Crippen LogP contribution in [0.2, 0.25) is 0 Å². The van der Waals surface area contributed by atoms with Crippen molar-refractivity contribution >= 4 is 17.9 Å². The molecule has 0 aromatic carbocycles. The topological polar surface area (TPSA) is 46.0 Å². The van der Waals surface area contributed by atoms with E-state index in [0.29, 0.717) is 4.77 Å². The van der Waals surface area contributed by atoms with Crippen molar-refractivity contribution in [2.45, 2.75) is 0 Å². The van der Waals surface area contributed by atoms with Crippen LogP contribution < -0.4 is 0 Å². The van der Waals surface area contributed by atoms with Crippen molar-refractivity contribution in [1.82, 2.24) is 19.6 Å². The minimum atomic E-state index is 0.520. The average molecular weight is 152 g/mol. The molecule has 0 aliphatic rings. The van der Waals surface area contributed by atoms with E-state index in [1.165, 1.54) is 0 Å². The standard InChI is InChI=1S/C5H4N4S/c10-5-6-2-1-4-8-7-3-9(4)5/h1-3,8H. The first-order valence-electron chi connectivity index (χ1n) is 2.75. The Hall–Kier alpha value is -1.23. The van der Waals surface area contributed by atoms with Gasteiger partial charge in [0.05, 0.1) is 0 Å². The Kier molecular flexibility index (Phi) is 1.04. The van der Waals surface area contributed by atoms with Crippen molar-refractivity contribution < 1.29 is 0 Å². The molecule has 2 aromatic rings. The van der Waals surface area contributed by atoms with Gasteiger partial charge in [-0.15, -0.1) is 0 Å². The minimum absolute atomic E-state index is 0.520. The fourth-order valence-corrected chi connectivity index (χ4v) is 0.979. The second-order valence-electron chi connectivity index (χ2n) is 1.84. The molecule has 2 rings (SSSR count). The van der Waals surface area contributed by atoms with Gasteiger partial charge in [-0.2, -0.15) is 5.10 Å². The van der Waals surface area contributed by atoms with Crippen LogP contribution in [0, 0.1) is 4.77 Å². The molecule has 1 N–H and O–H groups in total. The molecule has 0 amide bonds. The highest BCUT2D eigenvalue weighted by Gasteiger charge is 1.90. The van der Waals surface area contributed by atoms with E-state index < -0.39 is 0 Å². The summed E-state index contributed by atoms with van der Waals surface area (Å²) in [5.74, 6) is 0. The van der Waals surface area contributed by atoms with E-state index in [-0.39, 0.29) is 0 Å². The van der Waals surface area contributed by atoms with Crippen LogP contribution in [0.4, 0.5) is 0 Å². The number of hydrogen-bond acceptors (Lipinski definition) is 3. The van der Waals surface area contributed by atoms with Crippen LogP contribution in [-0.4, -0.2) is 19.6 Å². The first kappa shape index (κ1) is 5.55. The molecule has 0 unspecified atom stereocenters. The molecule has 0 saturated carbocycles. The lowest BCUT2D eigenvalue weighted by molar-refractivity contribution is 1.04. The Morgan fingerprint density at radius 1 is 1.60 bits per heavy atom. The summed E-state index contributed by atoms with van der Waals surface area (Å²) in [5, 5.41) is 6.56. The lowest BCUT2D eigenvalue weighted by atomic mass is 10.6. The number of aromatic nitrogens is 4. The SMILES string of the molecule is S=c1nccc2[nH]ncn12. The molecule has 0 radical (unpaired) electrons. The number of H-pyrrole nitrogens is 1. The van der Waals surface area contributed by atoms with Crippen LogP contribution in [0.15, 0.2) is 18.6 Å². The lowest BCUT2D eigenvalue weighted by Crippen LogP contribution is -1.86. The third-order valence-electron chi connectivity index (χ3n) is 1.24. The molecule has 0 saturated heterocycles. The van der Waals surface area contributed by atoms with Crippen molar-refractivity contribution in [3.63, 3.8) is 0 Å². The van der Waals surface area contributed by atoms with E-state index in [0.717, 1.165) is 5.65 Å². The third-order valence-corrected chi connectivity index (χ3v) is 1.54. The summed E-state index contributed by atoms with van der Waals surface area (Å²) in [6.07, 6.45) is 3.25. The van der Waals surface area contributed by atoms with Gasteiger partial charge in [0.1, 0.15) is 12.0 Å². The zero-order valence-corrected chi connectivity index (χ0v) is 5.80. The van der Waals surface area contributed by atoms with Crippen LogP contribution in [0.3, 0.4) is 0 Å². The summed E-state index contributed by atoms with van der Waals surface area (Å²) in [4.78, 5) is 3.90. The van der Waals surface area contributed by atoms with Crippen molar-refractivity contribution in [1.29, 1.82) is 0 Å².